The number of esters is 1. The van der Waals surface area contributed by atoms with Crippen LogP contribution in [0.4, 0.5) is 0 Å². The number of aromatic nitrogens is 2. The second-order valence-corrected chi connectivity index (χ2v) is 7.55. The summed E-state index contributed by atoms with van der Waals surface area (Å²) in [5, 5.41) is 0.647. The molecule has 1 aromatic heterocycles. The molecule has 2 heterocycles. The van der Waals surface area contributed by atoms with Crippen LogP contribution in [0.5, 0.6) is 0 Å². The molecule has 2 atom stereocenters. The number of ether oxygens (including phenoxy) is 1. The minimum Gasteiger partial charge on any atom is -0.465 e. The highest BCUT2D eigenvalue weighted by molar-refractivity contribution is 8.00. The van der Waals surface area contributed by atoms with E-state index in [1.54, 1.807) is 25.7 Å². The zero-order chi connectivity index (χ0) is 15.6. The van der Waals surface area contributed by atoms with Crippen LogP contribution >= 0.6 is 23.5 Å². The van der Waals surface area contributed by atoms with E-state index in [1.165, 1.54) is 16.3 Å². The van der Waals surface area contributed by atoms with Gasteiger partial charge in [-0.3, -0.25) is 14.2 Å². The highest BCUT2D eigenvalue weighted by atomic mass is 32.2. The number of rotatable bonds is 5. The lowest BCUT2D eigenvalue weighted by molar-refractivity contribution is -0.142. The fraction of sp³-hybridized carbons (Fsp3) is 0.643. The third kappa shape index (κ3) is 3.45. The van der Waals surface area contributed by atoms with Crippen LogP contribution < -0.4 is 5.56 Å². The summed E-state index contributed by atoms with van der Waals surface area (Å²) in [4.78, 5) is 29.6. The van der Waals surface area contributed by atoms with Crippen molar-refractivity contribution in [3.8, 4) is 0 Å². The Morgan fingerprint density at radius 3 is 2.90 bits per heavy atom. The highest BCUT2D eigenvalue weighted by Crippen LogP contribution is 2.34. The lowest BCUT2D eigenvalue weighted by Crippen LogP contribution is -2.25. The van der Waals surface area contributed by atoms with Crippen LogP contribution in [0.15, 0.2) is 14.8 Å². The van der Waals surface area contributed by atoms with Gasteiger partial charge in [-0.25, -0.2) is 4.98 Å². The van der Waals surface area contributed by atoms with E-state index >= 15 is 0 Å². The smallest absolute Gasteiger partial charge is 0.319 e. The van der Waals surface area contributed by atoms with E-state index in [-0.39, 0.29) is 16.8 Å². The molecule has 0 saturated carbocycles. The van der Waals surface area contributed by atoms with Crippen LogP contribution in [0.2, 0.25) is 0 Å². The molecule has 0 N–H and O–H groups in total. The summed E-state index contributed by atoms with van der Waals surface area (Å²) in [6.45, 7) is 6.17. The van der Waals surface area contributed by atoms with Crippen LogP contribution in [0.25, 0.3) is 0 Å². The number of carbonyl (C=O) groups excluding carboxylic acids is 1. The van der Waals surface area contributed by atoms with Gasteiger partial charge in [-0.1, -0.05) is 25.6 Å². The molecule has 0 unspecified atom stereocenters. The van der Waals surface area contributed by atoms with E-state index in [4.69, 9.17) is 4.74 Å². The molecule has 21 heavy (non-hydrogen) atoms. The summed E-state index contributed by atoms with van der Waals surface area (Å²) in [6.07, 6.45) is 1.45. The summed E-state index contributed by atoms with van der Waals surface area (Å²) in [5.41, 5.74) is 0.840. The molecule has 2 rings (SSSR count). The first kappa shape index (κ1) is 16.4. The molecule has 0 aliphatic carbocycles. The van der Waals surface area contributed by atoms with Crippen molar-refractivity contribution in [2.45, 2.75) is 54.2 Å². The summed E-state index contributed by atoms with van der Waals surface area (Å²) >= 11 is 2.90. The monoisotopic (exact) mass is 328 g/mol. The average Bonchev–Trinajstić information content (AvgIpc) is 2.82. The number of fused-ring (bicyclic) bond motifs is 1. The summed E-state index contributed by atoms with van der Waals surface area (Å²) < 4.78 is 6.61. The first-order chi connectivity index (χ1) is 9.97. The molecule has 0 spiro atoms. The Morgan fingerprint density at radius 1 is 1.57 bits per heavy atom. The van der Waals surface area contributed by atoms with E-state index in [0.29, 0.717) is 23.4 Å². The number of nitrogens with zero attached hydrogens (tertiary/aromatic N) is 2. The van der Waals surface area contributed by atoms with Gasteiger partial charge in [0.05, 0.1) is 17.2 Å². The molecule has 0 amide bonds. The van der Waals surface area contributed by atoms with Crippen molar-refractivity contribution < 1.29 is 9.53 Å². The van der Waals surface area contributed by atoms with Crippen molar-refractivity contribution in [1.82, 2.24) is 9.55 Å². The van der Waals surface area contributed by atoms with Gasteiger partial charge in [0.1, 0.15) is 5.25 Å². The first-order valence-corrected chi connectivity index (χ1v) is 8.83. The molecular formula is C14H20N2O3S2. The van der Waals surface area contributed by atoms with Crippen molar-refractivity contribution in [1.29, 1.82) is 0 Å². The minimum atomic E-state index is -0.326. The number of thioether (sulfide) groups is 2. The van der Waals surface area contributed by atoms with Gasteiger partial charge >= 0.3 is 5.97 Å². The first-order valence-electron chi connectivity index (χ1n) is 7.07. The van der Waals surface area contributed by atoms with Gasteiger partial charge in [0.15, 0.2) is 5.16 Å². The third-order valence-electron chi connectivity index (χ3n) is 3.25. The van der Waals surface area contributed by atoms with Crippen LogP contribution in [0, 0.1) is 0 Å². The number of hydrogen-bond acceptors (Lipinski definition) is 6. The van der Waals surface area contributed by atoms with Gasteiger partial charge in [0, 0.05) is 18.7 Å². The largest absolute Gasteiger partial charge is 0.465 e. The quantitative estimate of drug-likeness (QED) is 0.469. The number of carbonyl (C=O) groups is 1. The summed E-state index contributed by atoms with van der Waals surface area (Å²) in [7, 11) is 1.71. The summed E-state index contributed by atoms with van der Waals surface area (Å²) in [6, 6.07) is 0. The molecule has 1 aliphatic rings. The normalized spacial score (nSPS) is 18.4. The molecule has 0 bridgehead atoms. The molecule has 116 valence electrons. The highest BCUT2D eigenvalue weighted by Gasteiger charge is 2.27. The maximum Gasteiger partial charge on any atom is 0.319 e. The Morgan fingerprint density at radius 2 is 2.29 bits per heavy atom. The average molecular weight is 328 g/mol. The van der Waals surface area contributed by atoms with Gasteiger partial charge < -0.3 is 4.74 Å². The van der Waals surface area contributed by atoms with E-state index in [1.807, 2.05) is 6.92 Å². The van der Waals surface area contributed by atoms with Crippen LogP contribution in [0.3, 0.4) is 0 Å². The number of hydrogen-bond donors (Lipinski definition) is 0. The fourth-order valence-electron chi connectivity index (χ4n) is 2.14. The van der Waals surface area contributed by atoms with Crippen molar-refractivity contribution in [2.24, 2.45) is 7.05 Å². The van der Waals surface area contributed by atoms with Crippen molar-refractivity contribution in [3.63, 3.8) is 0 Å². The molecule has 0 aromatic carbocycles. The van der Waals surface area contributed by atoms with E-state index < -0.39 is 0 Å². The molecule has 0 fully saturated rings. The Balaban J connectivity index is 2.29. The van der Waals surface area contributed by atoms with E-state index in [9.17, 15) is 9.59 Å². The van der Waals surface area contributed by atoms with Crippen molar-refractivity contribution in [2.75, 3.05) is 6.61 Å². The van der Waals surface area contributed by atoms with Crippen molar-refractivity contribution in [3.05, 3.63) is 16.0 Å². The Labute approximate surface area is 132 Å². The minimum absolute atomic E-state index is 0.0180. The summed E-state index contributed by atoms with van der Waals surface area (Å²) in [5.74, 6) is -0.248. The lowest BCUT2D eigenvalue weighted by Gasteiger charge is -2.15. The fourth-order valence-corrected chi connectivity index (χ4v) is 4.28. The topological polar surface area (TPSA) is 61.2 Å². The Kier molecular flexibility index (Phi) is 5.37. The van der Waals surface area contributed by atoms with Crippen molar-refractivity contribution >= 4 is 29.5 Å². The molecule has 1 aliphatic heterocycles. The maximum absolute atomic E-state index is 12.4. The van der Waals surface area contributed by atoms with Crippen LogP contribution in [-0.4, -0.2) is 32.6 Å². The molecule has 0 saturated heterocycles. The standard InChI is InChI=1S/C14H20N2O3S2/c1-5-10(13(18)19-6-2)21-14-15-9-7-8(3)20-11(9)12(17)16(14)4/h8,10H,5-7H2,1-4H3/t8-,10-/m0/s1. The third-order valence-corrected chi connectivity index (χ3v) is 5.85. The predicted octanol–water partition coefficient (Wildman–Crippen LogP) is 2.25. The predicted molar refractivity (Wildman–Crippen MR) is 85.1 cm³/mol. The molecular weight excluding hydrogens is 308 g/mol. The molecule has 0 radical (unpaired) electrons. The zero-order valence-electron chi connectivity index (χ0n) is 12.7. The van der Waals surface area contributed by atoms with E-state index in [0.717, 1.165) is 17.0 Å². The molecule has 5 nitrogen and oxygen atoms in total. The Hall–Kier alpha value is -0.950. The second-order valence-electron chi connectivity index (χ2n) is 4.93. The second kappa shape index (κ2) is 6.87. The lowest BCUT2D eigenvalue weighted by atomic mass is 10.2. The van der Waals surface area contributed by atoms with E-state index in [2.05, 4.69) is 11.9 Å². The van der Waals surface area contributed by atoms with Crippen LogP contribution in [-0.2, 0) is 23.0 Å². The van der Waals surface area contributed by atoms with Gasteiger partial charge in [-0.15, -0.1) is 11.8 Å². The van der Waals surface area contributed by atoms with Gasteiger partial charge in [0.25, 0.3) is 5.56 Å². The van der Waals surface area contributed by atoms with Gasteiger partial charge in [-0.05, 0) is 13.3 Å². The zero-order valence-corrected chi connectivity index (χ0v) is 14.3. The van der Waals surface area contributed by atoms with Gasteiger partial charge in [-0.2, -0.15) is 0 Å². The maximum atomic E-state index is 12.4. The van der Waals surface area contributed by atoms with Crippen LogP contribution in [0.1, 0.15) is 32.9 Å². The SMILES string of the molecule is CCOC(=O)[C@H](CC)Sc1nc2c(c(=O)n1C)S[C@@H](C)C2. The molecule has 1 aromatic rings. The van der Waals surface area contributed by atoms with Gasteiger partial charge in [0.2, 0.25) is 0 Å². The molecule has 7 heteroatoms. The Bertz CT molecular complexity index is 601.